The van der Waals surface area contributed by atoms with E-state index in [4.69, 9.17) is 0 Å². The van der Waals surface area contributed by atoms with Crippen LogP contribution in [0.4, 0.5) is 0 Å². The Hall–Kier alpha value is -1.83. The molecule has 0 unspecified atom stereocenters. The molecule has 2 heterocycles. The first-order valence-corrected chi connectivity index (χ1v) is 26.0. The maximum absolute atomic E-state index is 3.69. The highest BCUT2D eigenvalue weighted by Crippen LogP contribution is 2.38. The van der Waals surface area contributed by atoms with Crippen molar-refractivity contribution in [3.05, 3.63) is 57.3 Å². The van der Waals surface area contributed by atoms with Crippen LogP contribution in [0.15, 0.2) is 36.4 Å². The summed E-state index contributed by atoms with van der Waals surface area (Å²) in [6, 6.07) is 14.2. The van der Waals surface area contributed by atoms with Gasteiger partial charge in [-0.2, -0.15) is 0 Å². The minimum absolute atomic E-state index is 1.17. The van der Waals surface area contributed by atoms with Crippen molar-refractivity contribution in [2.24, 2.45) is 0 Å². The van der Waals surface area contributed by atoms with Gasteiger partial charge in [0, 0.05) is 41.8 Å². The molecule has 3 rings (SSSR count). The average molecular weight is 659 g/mol. The molecule has 238 valence electrons. The van der Waals surface area contributed by atoms with Crippen LogP contribution >= 0.6 is 22.7 Å². The Morgan fingerprint density at radius 2 is 0.864 bits per heavy atom. The van der Waals surface area contributed by atoms with Crippen molar-refractivity contribution in [1.29, 1.82) is 0 Å². The quantitative estimate of drug-likeness (QED) is 0.0816. The summed E-state index contributed by atoms with van der Waals surface area (Å²) < 4.78 is 0. The summed E-state index contributed by atoms with van der Waals surface area (Å²) in [6.07, 6.45) is 18.5. The van der Waals surface area contributed by atoms with Crippen molar-refractivity contribution in [2.75, 3.05) is 0 Å². The molecule has 3 aromatic rings. The Labute approximate surface area is 281 Å². The second-order valence-electron chi connectivity index (χ2n) is 14.5. The molecule has 0 spiro atoms. The van der Waals surface area contributed by atoms with Gasteiger partial charge < -0.3 is 0 Å². The number of hydrogen-bond donors (Lipinski definition) is 0. The third kappa shape index (κ3) is 13.3. The molecule has 0 nitrogen and oxygen atoms in total. The lowest BCUT2D eigenvalue weighted by molar-refractivity contribution is 0.609. The molecule has 0 bridgehead atoms. The van der Waals surface area contributed by atoms with Crippen LogP contribution in [0.2, 0.25) is 39.3 Å². The molecule has 0 N–H and O–H groups in total. The second kappa shape index (κ2) is 18.4. The van der Waals surface area contributed by atoms with Gasteiger partial charge >= 0.3 is 0 Å². The fourth-order valence-corrected chi connectivity index (χ4v) is 8.38. The van der Waals surface area contributed by atoms with E-state index < -0.39 is 16.1 Å². The summed E-state index contributed by atoms with van der Waals surface area (Å²) >= 11 is 3.93. The van der Waals surface area contributed by atoms with E-state index in [2.05, 4.69) is 112 Å². The molecule has 0 saturated carbocycles. The molecule has 44 heavy (non-hydrogen) atoms. The van der Waals surface area contributed by atoms with E-state index in [0.29, 0.717) is 0 Å². The largest absolute Gasteiger partial charge is 0.140 e. The van der Waals surface area contributed by atoms with E-state index in [9.17, 15) is 0 Å². The summed E-state index contributed by atoms with van der Waals surface area (Å²) in [5, 5.41) is 0. The summed E-state index contributed by atoms with van der Waals surface area (Å²) in [6.45, 7) is 18.6. The molecule has 0 fully saturated rings. The van der Waals surface area contributed by atoms with Gasteiger partial charge in [0.05, 0.1) is 0 Å². The molecule has 2 aromatic heterocycles. The predicted molar refractivity (Wildman–Crippen MR) is 208 cm³/mol. The van der Waals surface area contributed by atoms with E-state index >= 15 is 0 Å². The maximum atomic E-state index is 3.69. The molecular formula is C40H58S2Si2. The fourth-order valence-electron chi connectivity index (χ4n) is 5.20. The Morgan fingerprint density at radius 1 is 0.500 bits per heavy atom. The lowest BCUT2D eigenvalue weighted by Gasteiger charge is -2.12. The van der Waals surface area contributed by atoms with Crippen LogP contribution in [-0.2, 0) is 12.8 Å². The van der Waals surface area contributed by atoms with Gasteiger partial charge in [0.1, 0.15) is 16.1 Å². The third-order valence-corrected chi connectivity index (χ3v) is 11.8. The van der Waals surface area contributed by atoms with Gasteiger partial charge in [0.15, 0.2) is 0 Å². The normalized spacial score (nSPS) is 11.6. The summed E-state index contributed by atoms with van der Waals surface area (Å²) in [4.78, 5) is 5.67. The van der Waals surface area contributed by atoms with Gasteiger partial charge in [-0.3, -0.25) is 0 Å². The second-order valence-corrected chi connectivity index (χ2v) is 26.3. The molecule has 1 aromatic carbocycles. The summed E-state index contributed by atoms with van der Waals surface area (Å²) in [5.74, 6) is 7.38. The minimum atomic E-state index is -1.54. The van der Waals surface area contributed by atoms with Crippen LogP contribution in [0.1, 0.15) is 112 Å². The zero-order valence-corrected chi connectivity index (χ0v) is 32.8. The fraction of sp³-hybridized carbons (Fsp3) is 0.550. The van der Waals surface area contributed by atoms with Crippen molar-refractivity contribution in [1.82, 2.24) is 0 Å². The predicted octanol–water partition coefficient (Wildman–Crippen LogP) is 13.4. The van der Waals surface area contributed by atoms with Crippen LogP contribution < -0.4 is 0 Å². The highest BCUT2D eigenvalue weighted by molar-refractivity contribution is 7.16. The lowest BCUT2D eigenvalue weighted by Crippen LogP contribution is -2.16. The average Bonchev–Trinajstić information content (AvgIpc) is 3.63. The standard InChI is InChI=1S/C40H58S2Si2/c1-9-11-13-15-17-19-21-35-23-25-39(41-35)37-31-34(28-30-44(6,7)8)38(32-33(37)27-29-43(3,4)5)40-26-24-36(42-40)22-20-18-16-14-12-10-2/h23-26,31-32H,9-22H2,1-8H3. The first-order chi connectivity index (χ1) is 21.0. The third-order valence-electron chi connectivity index (χ3n) is 7.71. The molecule has 0 amide bonds. The highest BCUT2D eigenvalue weighted by atomic mass is 32.1. The monoisotopic (exact) mass is 658 g/mol. The SMILES string of the molecule is CCCCCCCCc1ccc(-c2cc(C#C[Si](C)(C)C)c(-c3ccc(CCCCCCCC)s3)cc2C#C[Si](C)(C)C)s1. The van der Waals surface area contributed by atoms with Crippen LogP contribution in [0.25, 0.3) is 20.9 Å². The number of thiophene rings is 2. The number of unbranched alkanes of at least 4 members (excludes halogenated alkanes) is 10. The maximum Gasteiger partial charge on any atom is 0.129 e. The summed E-state index contributed by atoms with van der Waals surface area (Å²) in [5.41, 5.74) is 12.2. The van der Waals surface area contributed by atoms with Crippen LogP contribution in [0, 0.1) is 22.9 Å². The highest BCUT2D eigenvalue weighted by Gasteiger charge is 2.17. The Kier molecular flexibility index (Phi) is 15.3. The molecule has 4 heteroatoms. The van der Waals surface area contributed by atoms with Crippen molar-refractivity contribution in [2.45, 2.75) is 143 Å². The van der Waals surface area contributed by atoms with Crippen molar-refractivity contribution >= 4 is 38.8 Å². The van der Waals surface area contributed by atoms with Gasteiger partial charge in [-0.25, -0.2) is 0 Å². The van der Waals surface area contributed by atoms with Gasteiger partial charge in [-0.15, -0.1) is 33.8 Å². The molecule has 0 aliphatic heterocycles. The van der Waals surface area contributed by atoms with Crippen molar-refractivity contribution < 1.29 is 0 Å². The minimum Gasteiger partial charge on any atom is -0.140 e. The van der Waals surface area contributed by atoms with E-state index in [1.165, 1.54) is 132 Å². The molecule has 0 atom stereocenters. The summed E-state index contributed by atoms with van der Waals surface area (Å²) in [7, 11) is -3.08. The van der Waals surface area contributed by atoms with Gasteiger partial charge in [-0.1, -0.05) is 129 Å². The smallest absolute Gasteiger partial charge is 0.129 e. The zero-order chi connectivity index (χ0) is 32.0. The van der Waals surface area contributed by atoms with Gasteiger partial charge in [-0.05, 0) is 62.1 Å². The van der Waals surface area contributed by atoms with Gasteiger partial charge in [0.2, 0.25) is 0 Å². The van der Waals surface area contributed by atoms with Crippen LogP contribution in [-0.4, -0.2) is 16.1 Å². The first-order valence-electron chi connectivity index (χ1n) is 17.4. The molecule has 0 aliphatic carbocycles. The number of benzene rings is 1. The number of rotatable bonds is 16. The lowest BCUT2D eigenvalue weighted by atomic mass is 9.97. The molecular weight excluding hydrogens is 601 g/mol. The molecule has 0 saturated heterocycles. The topological polar surface area (TPSA) is 0 Å². The van der Waals surface area contributed by atoms with Gasteiger partial charge in [0.25, 0.3) is 0 Å². The molecule has 0 radical (unpaired) electrons. The molecule has 0 aliphatic rings. The first kappa shape index (κ1) is 36.6. The number of aryl methyl sites for hydroxylation is 2. The van der Waals surface area contributed by atoms with Crippen molar-refractivity contribution in [3.63, 3.8) is 0 Å². The van der Waals surface area contributed by atoms with E-state index in [-0.39, 0.29) is 0 Å². The van der Waals surface area contributed by atoms with Crippen LogP contribution in [0.5, 0.6) is 0 Å². The zero-order valence-electron chi connectivity index (χ0n) is 29.2. The van der Waals surface area contributed by atoms with Crippen LogP contribution in [0.3, 0.4) is 0 Å². The van der Waals surface area contributed by atoms with E-state index in [0.717, 1.165) is 0 Å². The Bertz CT molecular complexity index is 1310. The Balaban J connectivity index is 1.97. The Morgan fingerprint density at radius 3 is 1.23 bits per heavy atom. The van der Waals surface area contributed by atoms with E-state index in [1.54, 1.807) is 0 Å². The van der Waals surface area contributed by atoms with Crippen molar-refractivity contribution in [3.8, 4) is 43.8 Å². The number of hydrogen-bond acceptors (Lipinski definition) is 2. The van der Waals surface area contributed by atoms with E-state index in [1.807, 2.05) is 22.7 Å².